The lowest BCUT2D eigenvalue weighted by molar-refractivity contribution is 0.0962. The van der Waals surface area contributed by atoms with Gasteiger partial charge in [-0.2, -0.15) is 0 Å². The monoisotopic (exact) mass is 546 g/mol. The van der Waals surface area contributed by atoms with Gasteiger partial charge in [-0.25, -0.2) is 9.78 Å². The molecule has 2 aromatic rings. The summed E-state index contributed by atoms with van der Waals surface area (Å²) in [5, 5.41) is 30.7. The number of nitrogens with zero attached hydrogens (tertiary/aromatic N) is 2. The van der Waals surface area contributed by atoms with Crippen molar-refractivity contribution < 1.29 is 19.8 Å². The fraction of sp³-hybridized carbons (Fsp3) is 0.462. The minimum atomic E-state index is -1.11. The first-order valence-corrected chi connectivity index (χ1v) is 11.3. The zero-order valence-corrected chi connectivity index (χ0v) is 23.1. The van der Waals surface area contributed by atoms with E-state index in [2.05, 4.69) is 10.3 Å². The molecule has 1 amide bonds. The highest BCUT2D eigenvalue weighted by molar-refractivity contribution is 8.93. The zero-order valence-electron chi connectivity index (χ0n) is 21.4. The number of rotatable bonds is 5. The molecule has 1 aliphatic heterocycles. The van der Waals surface area contributed by atoms with E-state index in [1.165, 1.54) is 0 Å². The fourth-order valence-corrected chi connectivity index (χ4v) is 4.14. The molecule has 4 N–H and O–H groups in total. The summed E-state index contributed by atoms with van der Waals surface area (Å²) in [5.41, 5.74) is 3.94. The van der Waals surface area contributed by atoms with Crippen LogP contribution in [0, 0.1) is 12.3 Å². The summed E-state index contributed by atoms with van der Waals surface area (Å²) in [4.78, 5) is 30.4. The first-order valence-electron chi connectivity index (χ1n) is 11.3. The molecule has 0 aliphatic carbocycles. The number of halogens is 1. The number of hydrogen-bond acceptors (Lipinski definition) is 5. The van der Waals surface area contributed by atoms with Crippen molar-refractivity contribution in [1.29, 1.82) is 5.41 Å². The van der Waals surface area contributed by atoms with E-state index in [4.69, 9.17) is 10.5 Å². The van der Waals surface area contributed by atoms with Crippen LogP contribution >= 0.6 is 17.0 Å². The van der Waals surface area contributed by atoms with E-state index >= 15 is 0 Å². The number of phenolic OH excluding ortho intramolecular Hbond substituents is 1. The van der Waals surface area contributed by atoms with Crippen LogP contribution in [0.25, 0.3) is 0 Å². The molecule has 0 atom stereocenters. The standard InChI is InChI=1S/C26H34N4O4.BrH/c1-14-16(11-28-24(33)34)8-17-12-30(23(27)21(17)29-14)13-20(31)15-9-18(25(2,3)4)22(32)19(10-15)26(5,6)7;/h8-10,27-28,32H,11-13H2,1-7H3,(H,33,34);1H. The fourth-order valence-electron chi connectivity index (χ4n) is 4.14. The lowest BCUT2D eigenvalue weighted by Gasteiger charge is -2.28. The minimum absolute atomic E-state index is 0. The molecule has 35 heavy (non-hydrogen) atoms. The topological polar surface area (TPSA) is 127 Å². The van der Waals surface area contributed by atoms with Gasteiger partial charge in [0.25, 0.3) is 0 Å². The lowest BCUT2D eigenvalue weighted by Crippen LogP contribution is -2.31. The number of carbonyl (C=O) groups is 2. The number of aryl methyl sites for hydroxylation is 1. The number of fused-ring (bicyclic) bond motifs is 1. The Hall–Kier alpha value is -2.94. The summed E-state index contributed by atoms with van der Waals surface area (Å²) in [7, 11) is 0. The number of Topliss-reactive ketones (excluding diaryl/α,β-unsaturated/α-hetero) is 1. The largest absolute Gasteiger partial charge is 0.507 e. The highest BCUT2D eigenvalue weighted by Crippen LogP contribution is 2.40. The molecule has 3 rings (SSSR count). The Morgan fingerprint density at radius 1 is 1.09 bits per heavy atom. The van der Waals surface area contributed by atoms with E-state index in [1.54, 1.807) is 24.0 Å². The van der Waals surface area contributed by atoms with Gasteiger partial charge in [0.1, 0.15) is 17.3 Å². The van der Waals surface area contributed by atoms with Crippen LogP contribution in [-0.4, -0.2) is 44.4 Å². The smallest absolute Gasteiger partial charge is 0.404 e. The molecule has 0 saturated heterocycles. The molecule has 1 aliphatic rings. The number of phenols is 1. The summed E-state index contributed by atoms with van der Waals surface area (Å²) < 4.78 is 0. The number of amidine groups is 1. The second kappa shape index (κ2) is 9.97. The Morgan fingerprint density at radius 3 is 2.11 bits per heavy atom. The van der Waals surface area contributed by atoms with E-state index in [-0.39, 0.29) is 58.3 Å². The van der Waals surface area contributed by atoms with Crippen molar-refractivity contribution in [2.45, 2.75) is 72.4 Å². The van der Waals surface area contributed by atoms with Crippen molar-refractivity contribution in [2.75, 3.05) is 6.54 Å². The molecule has 1 aromatic carbocycles. The van der Waals surface area contributed by atoms with Crippen LogP contribution in [0.15, 0.2) is 18.2 Å². The first-order chi connectivity index (χ1) is 15.6. The second-order valence-corrected chi connectivity index (χ2v) is 10.9. The van der Waals surface area contributed by atoms with Crippen LogP contribution < -0.4 is 5.32 Å². The van der Waals surface area contributed by atoms with Gasteiger partial charge >= 0.3 is 6.09 Å². The van der Waals surface area contributed by atoms with Crippen molar-refractivity contribution in [3.05, 3.63) is 57.4 Å². The average Bonchev–Trinajstić information content (AvgIpc) is 2.99. The van der Waals surface area contributed by atoms with Gasteiger partial charge < -0.3 is 20.4 Å². The summed E-state index contributed by atoms with van der Waals surface area (Å²) in [6.45, 7) is 14.3. The Labute approximate surface area is 217 Å². The molecule has 0 spiro atoms. The maximum Gasteiger partial charge on any atom is 0.404 e. The molecule has 1 aromatic heterocycles. The number of aromatic nitrogens is 1. The van der Waals surface area contributed by atoms with Crippen LogP contribution in [0.5, 0.6) is 5.75 Å². The van der Waals surface area contributed by atoms with Crippen LogP contribution in [0.3, 0.4) is 0 Å². The van der Waals surface area contributed by atoms with Crippen LogP contribution in [-0.2, 0) is 23.9 Å². The van der Waals surface area contributed by atoms with Gasteiger partial charge in [0.15, 0.2) is 5.78 Å². The molecule has 0 radical (unpaired) electrons. The Bertz CT molecular complexity index is 1140. The summed E-state index contributed by atoms with van der Waals surface area (Å²) in [5.74, 6) is 0.258. The van der Waals surface area contributed by atoms with Gasteiger partial charge in [-0.15, -0.1) is 17.0 Å². The normalized spacial score (nSPS) is 13.3. The van der Waals surface area contributed by atoms with Gasteiger partial charge in [-0.1, -0.05) is 41.5 Å². The second-order valence-electron chi connectivity index (χ2n) is 10.9. The molecule has 0 saturated carbocycles. The maximum absolute atomic E-state index is 13.4. The Balaban J connectivity index is 0.00000432. The van der Waals surface area contributed by atoms with Gasteiger partial charge in [-0.05, 0) is 41.5 Å². The lowest BCUT2D eigenvalue weighted by atomic mass is 9.78. The highest BCUT2D eigenvalue weighted by atomic mass is 79.9. The molecule has 0 unspecified atom stereocenters. The Morgan fingerprint density at radius 2 is 1.63 bits per heavy atom. The number of carboxylic acid groups (broad SMARTS) is 1. The van der Waals surface area contributed by atoms with Gasteiger partial charge in [0.05, 0.1) is 6.54 Å². The van der Waals surface area contributed by atoms with Crippen LogP contribution in [0.1, 0.15) is 85.5 Å². The molecule has 8 nitrogen and oxygen atoms in total. The van der Waals surface area contributed by atoms with Gasteiger partial charge in [0.2, 0.25) is 0 Å². The number of carbonyl (C=O) groups excluding carboxylic acids is 1. The molecule has 190 valence electrons. The minimum Gasteiger partial charge on any atom is -0.507 e. The van der Waals surface area contributed by atoms with Crippen molar-refractivity contribution >= 4 is 34.7 Å². The van der Waals surface area contributed by atoms with Gasteiger partial charge in [-0.3, -0.25) is 10.2 Å². The predicted octanol–water partition coefficient (Wildman–Crippen LogP) is 5.06. The van der Waals surface area contributed by atoms with E-state index in [9.17, 15) is 14.7 Å². The van der Waals surface area contributed by atoms with Crippen LogP contribution in [0.2, 0.25) is 0 Å². The third kappa shape index (κ3) is 6.01. The number of pyridine rings is 1. The SMILES string of the molecule is Br.Cc1nc2c(cc1CNC(=O)O)CN(CC(=O)c1cc(C(C)(C)C)c(O)c(C(C)(C)C)c1)C2=N. The molecule has 9 heteroatoms. The quantitative estimate of drug-likeness (QED) is 0.388. The van der Waals surface area contributed by atoms with E-state index in [0.29, 0.717) is 23.5 Å². The van der Waals surface area contributed by atoms with E-state index in [0.717, 1.165) is 22.3 Å². The molecule has 0 fully saturated rings. The van der Waals surface area contributed by atoms with Gasteiger partial charge in [0, 0.05) is 41.0 Å². The van der Waals surface area contributed by atoms with Crippen LogP contribution in [0.4, 0.5) is 4.79 Å². The summed E-state index contributed by atoms with van der Waals surface area (Å²) in [6.07, 6.45) is -1.11. The average molecular weight is 547 g/mol. The van der Waals surface area contributed by atoms with Crippen molar-refractivity contribution in [1.82, 2.24) is 15.2 Å². The molecule has 0 bridgehead atoms. The predicted molar refractivity (Wildman–Crippen MR) is 141 cm³/mol. The summed E-state index contributed by atoms with van der Waals surface area (Å²) in [6, 6.07) is 5.37. The number of benzene rings is 1. The van der Waals surface area contributed by atoms with Crippen molar-refractivity contribution in [3.8, 4) is 5.75 Å². The summed E-state index contributed by atoms with van der Waals surface area (Å²) >= 11 is 0. The molecule has 2 heterocycles. The maximum atomic E-state index is 13.4. The highest BCUT2D eigenvalue weighted by Gasteiger charge is 2.31. The molecular formula is C26H35BrN4O4. The van der Waals surface area contributed by atoms with E-state index < -0.39 is 6.09 Å². The number of aromatic hydroxyl groups is 1. The van der Waals surface area contributed by atoms with Crippen molar-refractivity contribution in [3.63, 3.8) is 0 Å². The number of nitrogens with one attached hydrogen (secondary N) is 2. The number of amides is 1. The number of hydrogen-bond donors (Lipinski definition) is 4. The van der Waals surface area contributed by atoms with E-state index in [1.807, 2.05) is 47.6 Å². The first kappa shape index (κ1) is 28.3. The third-order valence-electron chi connectivity index (χ3n) is 6.11. The third-order valence-corrected chi connectivity index (χ3v) is 6.11. The Kier molecular flexibility index (Phi) is 8.06. The van der Waals surface area contributed by atoms with Crippen molar-refractivity contribution in [2.24, 2.45) is 0 Å². The molecular weight excluding hydrogens is 512 g/mol. The zero-order chi connectivity index (χ0) is 25.6. The number of ketones is 1.